The van der Waals surface area contributed by atoms with Crippen LogP contribution in [-0.2, 0) is 4.79 Å². The molecular weight excluding hydrogens is 297 g/mol. The Morgan fingerprint density at radius 2 is 2.00 bits per heavy atom. The highest BCUT2D eigenvalue weighted by molar-refractivity contribution is 6.31. The second-order valence-electron chi connectivity index (χ2n) is 5.36. The minimum Gasteiger partial charge on any atom is -0.481 e. The lowest BCUT2D eigenvalue weighted by molar-refractivity contribution is -0.152. The Morgan fingerprint density at radius 1 is 1.38 bits per heavy atom. The van der Waals surface area contributed by atoms with E-state index in [-0.39, 0.29) is 10.9 Å². The molecule has 1 aromatic carbocycles. The van der Waals surface area contributed by atoms with Crippen molar-refractivity contribution in [2.24, 2.45) is 5.41 Å². The normalized spacial score (nSPS) is 17.6. The summed E-state index contributed by atoms with van der Waals surface area (Å²) in [5, 5.41) is 9.24. The van der Waals surface area contributed by atoms with E-state index < -0.39 is 17.2 Å². The van der Waals surface area contributed by atoms with Gasteiger partial charge in [-0.2, -0.15) is 0 Å². The van der Waals surface area contributed by atoms with Gasteiger partial charge >= 0.3 is 5.97 Å². The third-order valence-electron chi connectivity index (χ3n) is 4.30. The molecule has 2 rings (SSSR count). The Balaban J connectivity index is 2.09. The van der Waals surface area contributed by atoms with Gasteiger partial charge in [0.25, 0.3) is 5.91 Å². The molecule has 1 saturated heterocycles. The van der Waals surface area contributed by atoms with Crippen molar-refractivity contribution in [3.8, 4) is 0 Å². The summed E-state index contributed by atoms with van der Waals surface area (Å²) in [6, 6.07) is 3.85. The van der Waals surface area contributed by atoms with Crippen molar-refractivity contribution in [1.29, 1.82) is 0 Å². The third-order valence-corrected chi connectivity index (χ3v) is 4.59. The SMILES string of the molecule is CCC1(C(=O)O)CCN(C(=O)c2ccc(F)c(Cl)c2)CC1. The van der Waals surface area contributed by atoms with Gasteiger partial charge in [0.1, 0.15) is 5.82 Å². The van der Waals surface area contributed by atoms with Crippen molar-refractivity contribution < 1.29 is 19.1 Å². The van der Waals surface area contributed by atoms with Gasteiger partial charge in [-0.3, -0.25) is 9.59 Å². The number of likely N-dealkylation sites (tertiary alicyclic amines) is 1. The molecule has 0 spiro atoms. The summed E-state index contributed by atoms with van der Waals surface area (Å²) in [6.07, 6.45) is 1.41. The zero-order valence-electron chi connectivity index (χ0n) is 11.7. The van der Waals surface area contributed by atoms with E-state index in [1.807, 2.05) is 6.92 Å². The molecule has 1 aliphatic rings. The number of carboxylic acid groups (broad SMARTS) is 1. The van der Waals surface area contributed by atoms with Crippen LogP contribution in [0, 0.1) is 11.2 Å². The summed E-state index contributed by atoms with van der Waals surface area (Å²) in [6.45, 7) is 2.62. The van der Waals surface area contributed by atoms with E-state index in [4.69, 9.17) is 11.6 Å². The molecule has 1 aromatic rings. The molecule has 0 radical (unpaired) electrons. The molecule has 0 saturated carbocycles. The Labute approximate surface area is 127 Å². The molecule has 114 valence electrons. The standard InChI is InChI=1S/C15H17ClFNO3/c1-2-15(14(20)21)5-7-18(8-6-15)13(19)10-3-4-12(17)11(16)9-10/h3-4,9H,2,5-8H2,1H3,(H,20,21). The fourth-order valence-electron chi connectivity index (χ4n) is 2.67. The molecule has 0 atom stereocenters. The monoisotopic (exact) mass is 313 g/mol. The van der Waals surface area contributed by atoms with E-state index in [9.17, 15) is 19.1 Å². The quantitative estimate of drug-likeness (QED) is 0.932. The maximum Gasteiger partial charge on any atom is 0.309 e. The molecule has 4 nitrogen and oxygen atoms in total. The van der Waals surface area contributed by atoms with Gasteiger partial charge in [0, 0.05) is 18.7 Å². The largest absolute Gasteiger partial charge is 0.481 e. The number of halogens is 2. The molecule has 1 fully saturated rings. The van der Waals surface area contributed by atoms with Crippen LogP contribution in [0.4, 0.5) is 4.39 Å². The van der Waals surface area contributed by atoms with Crippen molar-refractivity contribution in [3.63, 3.8) is 0 Å². The first kappa shape index (κ1) is 15.8. The Bertz CT molecular complexity index is 568. The number of aliphatic carboxylic acids is 1. The Morgan fingerprint density at radius 3 is 2.48 bits per heavy atom. The van der Waals surface area contributed by atoms with Crippen LogP contribution < -0.4 is 0 Å². The Hall–Kier alpha value is -1.62. The fourth-order valence-corrected chi connectivity index (χ4v) is 2.85. The van der Waals surface area contributed by atoms with Crippen LogP contribution in [0.5, 0.6) is 0 Å². The van der Waals surface area contributed by atoms with Gasteiger partial charge in [-0.15, -0.1) is 0 Å². The van der Waals surface area contributed by atoms with Crippen LogP contribution in [0.2, 0.25) is 5.02 Å². The summed E-state index contributed by atoms with van der Waals surface area (Å²) in [4.78, 5) is 25.3. The first-order chi connectivity index (χ1) is 9.89. The van der Waals surface area contributed by atoms with Gasteiger partial charge in [0.2, 0.25) is 0 Å². The number of carboxylic acids is 1. The molecule has 6 heteroatoms. The number of carbonyl (C=O) groups excluding carboxylic acids is 1. The number of carbonyl (C=O) groups is 2. The average molecular weight is 314 g/mol. The number of nitrogens with zero attached hydrogens (tertiary/aromatic N) is 1. The number of hydrogen-bond donors (Lipinski definition) is 1. The van der Waals surface area contributed by atoms with Crippen molar-refractivity contribution in [2.75, 3.05) is 13.1 Å². The van der Waals surface area contributed by atoms with E-state index in [0.717, 1.165) is 6.07 Å². The highest BCUT2D eigenvalue weighted by Gasteiger charge is 2.40. The maximum atomic E-state index is 13.1. The minimum atomic E-state index is -0.804. The van der Waals surface area contributed by atoms with E-state index >= 15 is 0 Å². The first-order valence-corrected chi connectivity index (χ1v) is 7.25. The topological polar surface area (TPSA) is 57.6 Å². The lowest BCUT2D eigenvalue weighted by Gasteiger charge is -2.38. The second kappa shape index (κ2) is 6.02. The second-order valence-corrected chi connectivity index (χ2v) is 5.77. The smallest absolute Gasteiger partial charge is 0.309 e. The van der Waals surface area contributed by atoms with Gasteiger partial charge in [0.05, 0.1) is 10.4 Å². The maximum absolute atomic E-state index is 13.1. The predicted octanol–water partition coefficient (Wildman–Crippen LogP) is 3.20. The van der Waals surface area contributed by atoms with E-state index in [0.29, 0.717) is 37.9 Å². The average Bonchev–Trinajstić information content (AvgIpc) is 2.49. The van der Waals surface area contributed by atoms with Gasteiger partial charge in [-0.05, 0) is 37.5 Å². The number of hydrogen-bond acceptors (Lipinski definition) is 2. The van der Waals surface area contributed by atoms with Crippen molar-refractivity contribution in [2.45, 2.75) is 26.2 Å². The molecule has 1 amide bonds. The van der Waals surface area contributed by atoms with Crippen LogP contribution >= 0.6 is 11.6 Å². The predicted molar refractivity (Wildman–Crippen MR) is 76.9 cm³/mol. The molecule has 0 aromatic heterocycles. The summed E-state index contributed by atoms with van der Waals surface area (Å²) in [7, 11) is 0. The molecule has 0 aliphatic carbocycles. The van der Waals surface area contributed by atoms with Crippen LogP contribution in [0.25, 0.3) is 0 Å². The van der Waals surface area contributed by atoms with Gasteiger partial charge in [-0.25, -0.2) is 4.39 Å². The van der Waals surface area contributed by atoms with Crippen molar-refractivity contribution in [1.82, 2.24) is 4.90 Å². The van der Waals surface area contributed by atoms with Crippen molar-refractivity contribution >= 4 is 23.5 Å². The van der Waals surface area contributed by atoms with Crippen LogP contribution in [0.15, 0.2) is 18.2 Å². The summed E-state index contributed by atoms with van der Waals surface area (Å²) in [5.41, 5.74) is -0.419. The fraction of sp³-hybridized carbons (Fsp3) is 0.467. The van der Waals surface area contributed by atoms with Gasteiger partial charge in [-0.1, -0.05) is 18.5 Å². The first-order valence-electron chi connectivity index (χ1n) is 6.87. The molecule has 1 aliphatic heterocycles. The highest BCUT2D eigenvalue weighted by Crippen LogP contribution is 2.35. The van der Waals surface area contributed by atoms with E-state index in [1.54, 1.807) is 4.90 Å². The van der Waals surface area contributed by atoms with E-state index in [2.05, 4.69) is 0 Å². The molecule has 0 unspecified atom stereocenters. The molecular formula is C15H17ClFNO3. The zero-order valence-corrected chi connectivity index (χ0v) is 12.5. The van der Waals surface area contributed by atoms with Gasteiger partial charge in [0.15, 0.2) is 0 Å². The highest BCUT2D eigenvalue weighted by atomic mass is 35.5. The lowest BCUT2D eigenvalue weighted by atomic mass is 9.76. The molecule has 1 heterocycles. The van der Waals surface area contributed by atoms with Crippen LogP contribution in [0.3, 0.4) is 0 Å². The molecule has 0 bridgehead atoms. The molecule has 21 heavy (non-hydrogen) atoms. The molecule has 1 N–H and O–H groups in total. The minimum absolute atomic E-state index is 0.0914. The van der Waals surface area contributed by atoms with E-state index in [1.165, 1.54) is 12.1 Å². The number of amides is 1. The number of rotatable bonds is 3. The summed E-state index contributed by atoms with van der Waals surface area (Å²) in [5.74, 6) is -1.61. The third kappa shape index (κ3) is 3.02. The van der Waals surface area contributed by atoms with Crippen LogP contribution in [-0.4, -0.2) is 35.0 Å². The zero-order chi connectivity index (χ0) is 15.6. The number of benzene rings is 1. The Kier molecular flexibility index (Phi) is 4.52. The van der Waals surface area contributed by atoms with Gasteiger partial charge < -0.3 is 10.0 Å². The summed E-state index contributed by atoms with van der Waals surface area (Å²) < 4.78 is 13.1. The van der Waals surface area contributed by atoms with Crippen molar-refractivity contribution in [3.05, 3.63) is 34.6 Å². The lowest BCUT2D eigenvalue weighted by Crippen LogP contribution is -2.46. The summed E-state index contributed by atoms with van der Waals surface area (Å²) >= 11 is 5.68. The van der Waals surface area contributed by atoms with Crippen LogP contribution in [0.1, 0.15) is 36.5 Å². The number of piperidine rings is 1.